The van der Waals surface area contributed by atoms with Crippen molar-refractivity contribution < 1.29 is 22.7 Å². The number of thioether (sulfide) groups is 1. The van der Waals surface area contributed by atoms with Crippen molar-refractivity contribution >= 4 is 28.4 Å². The average molecular weight is 464 g/mol. The standard InChI is InChI=1S/C23H21F4N3OS/c1-12-28-10-14-16(7-6-15(24)19(14)29-12)30-20-13-4-3-5-17-18(13)21(2,8-9-32-17)11-22(20,31)23(25,26)27/h3-7,10,20,30-31H,8-9,11H2,1-2H3. The number of nitrogens with zero attached hydrogens (tertiary/aromatic N) is 2. The summed E-state index contributed by atoms with van der Waals surface area (Å²) in [4.78, 5) is 9.13. The Labute approximate surface area is 186 Å². The van der Waals surface area contributed by atoms with Crippen molar-refractivity contribution in [1.29, 1.82) is 0 Å². The van der Waals surface area contributed by atoms with E-state index in [1.807, 2.05) is 6.07 Å². The molecule has 2 N–H and O–H groups in total. The van der Waals surface area contributed by atoms with Crippen molar-refractivity contribution in [2.24, 2.45) is 0 Å². The van der Waals surface area contributed by atoms with Gasteiger partial charge in [0, 0.05) is 22.2 Å². The average Bonchev–Trinajstić information content (AvgIpc) is 2.72. The van der Waals surface area contributed by atoms with Crippen molar-refractivity contribution in [3.63, 3.8) is 0 Å². The smallest absolute Gasteiger partial charge is 0.379 e. The second-order valence-corrected chi connectivity index (χ2v) is 9.97. The van der Waals surface area contributed by atoms with Gasteiger partial charge in [0.25, 0.3) is 0 Å². The minimum Gasteiger partial charge on any atom is -0.379 e. The Morgan fingerprint density at radius 1 is 1.22 bits per heavy atom. The number of nitrogens with one attached hydrogen (secondary N) is 1. The summed E-state index contributed by atoms with van der Waals surface area (Å²) in [5.74, 6) is 0.452. The number of hydrogen-bond donors (Lipinski definition) is 2. The Balaban J connectivity index is 1.72. The second-order valence-electron chi connectivity index (χ2n) is 8.83. The predicted molar refractivity (Wildman–Crippen MR) is 115 cm³/mol. The molecule has 168 valence electrons. The van der Waals surface area contributed by atoms with Gasteiger partial charge in [-0.15, -0.1) is 11.8 Å². The van der Waals surface area contributed by atoms with Crippen LogP contribution in [-0.4, -0.2) is 32.6 Å². The number of anilines is 1. The lowest BCUT2D eigenvalue weighted by atomic mass is 9.61. The van der Waals surface area contributed by atoms with Gasteiger partial charge in [0.2, 0.25) is 0 Å². The minimum absolute atomic E-state index is 0.0179. The molecule has 0 saturated carbocycles. The van der Waals surface area contributed by atoms with Crippen LogP contribution in [0.3, 0.4) is 0 Å². The van der Waals surface area contributed by atoms with Crippen molar-refractivity contribution in [2.45, 2.75) is 54.8 Å². The maximum Gasteiger partial charge on any atom is 0.419 e. The Morgan fingerprint density at radius 3 is 2.75 bits per heavy atom. The van der Waals surface area contributed by atoms with Gasteiger partial charge in [-0.05, 0) is 60.3 Å². The van der Waals surface area contributed by atoms with Gasteiger partial charge in [0.05, 0.1) is 6.04 Å². The van der Waals surface area contributed by atoms with Gasteiger partial charge in [-0.25, -0.2) is 14.4 Å². The number of aryl methyl sites for hydroxylation is 1. The van der Waals surface area contributed by atoms with Gasteiger partial charge in [-0.2, -0.15) is 13.2 Å². The molecule has 0 fully saturated rings. The quantitative estimate of drug-likeness (QED) is 0.479. The number of fused-ring (bicyclic) bond motifs is 1. The molecule has 0 amide bonds. The second kappa shape index (κ2) is 7.05. The Bertz CT molecular complexity index is 1230. The summed E-state index contributed by atoms with van der Waals surface area (Å²) in [7, 11) is 0. The monoisotopic (exact) mass is 463 g/mol. The number of hydrogen-bond acceptors (Lipinski definition) is 5. The fourth-order valence-corrected chi connectivity index (χ4v) is 6.57. The molecule has 0 spiro atoms. The summed E-state index contributed by atoms with van der Waals surface area (Å²) in [5.41, 5.74) is -2.30. The minimum atomic E-state index is -4.88. The van der Waals surface area contributed by atoms with Crippen LogP contribution in [0.1, 0.15) is 42.8 Å². The first-order valence-corrected chi connectivity index (χ1v) is 11.3. The van der Waals surface area contributed by atoms with Crippen LogP contribution in [0.2, 0.25) is 0 Å². The van der Waals surface area contributed by atoms with Crippen LogP contribution >= 0.6 is 11.8 Å². The predicted octanol–water partition coefficient (Wildman–Crippen LogP) is 5.68. The van der Waals surface area contributed by atoms with E-state index in [4.69, 9.17) is 0 Å². The van der Waals surface area contributed by atoms with Crippen molar-refractivity contribution in [3.05, 3.63) is 59.3 Å². The van der Waals surface area contributed by atoms with E-state index in [0.717, 1.165) is 16.5 Å². The van der Waals surface area contributed by atoms with Crippen LogP contribution in [-0.2, 0) is 5.41 Å². The molecule has 0 bridgehead atoms. The Hall–Kier alpha value is -2.39. The van der Waals surface area contributed by atoms with Crippen LogP contribution in [0.5, 0.6) is 0 Å². The van der Waals surface area contributed by atoms with Gasteiger partial charge in [0.1, 0.15) is 17.2 Å². The molecule has 3 atom stereocenters. The summed E-state index contributed by atoms with van der Waals surface area (Å²) in [6.45, 7) is 3.41. The maximum absolute atomic E-state index is 14.4. The number of rotatable bonds is 2. The summed E-state index contributed by atoms with van der Waals surface area (Å²) in [6.07, 6.45) is -3.41. The molecule has 1 aromatic heterocycles. The van der Waals surface area contributed by atoms with Gasteiger partial charge in [-0.3, -0.25) is 0 Å². The zero-order valence-electron chi connectivity index (χ0n) is 17.4. The summed E-state index contributed by atoms with van der Waals surface area (Å²) in [6, 6.07) is 6.33. The van der Waals surface area contributed by atoms with Crippen LogP contribution in [0.4, 0.5) is 23.2 Å². The first kappa shape index (κ1) is 21.5. The molecule has 3 aromatic rings. The van der Waals surface area contributed by atoms with Crippen LogP contribution in [0.15, 0.2) is 41.4 Å². The normalized spacial score (nSPS) is 27.3. The number of benzene rings is 2. The molecule has 0 radical (unpaired) electrons. The SMILES string of the molecule is Cc1ncc2c(NC3c4cccc5c4C(C)(CCS5)CC3(O)C(F)(F)F)ccc(F)c2n1. The highest BCUT2D eigenvalue weighted by Gasteiger charge is 2.65. The fraction of sp³-hybridized carbons (Fsp3) is 0.391. The fourth-order valence-electron chi connectivity index (χ4n) is 5.11. The third-order valence-corrected chi connectivity index (χ3v) is 7.69. The lowest BCUT2D eigenvalue weighted by Gasteiger charge is -2.52. The number of alkyl halides is 3. The van der Waals surface area contributed by atoms with E-state index in [2.05, 4.69) is 15.3 Å². The molecule has 2 heterocycles. The number of aliphatic hydroxyl groups is 1. The van der Waals surface area contributed by atoms with Crippen molar-refractivity contribution in [2.75, 3.05) is 11.1 Å². The first-order valence-electron chi connectivity index (χ1n) is 10.3. The van der Waals surface area contributed by atoms with E-state index in [0.29, 0.717) is 23.6 Å². The zero-order chi connectivity index (χ0) is 22.9. The van der Waals surface area contributed by atoms with E-state index in [1.54, 1.807) is 37.7 Å². The third kappa shape index (κ3) is 3.08. The first-order chi connectivity index (χ1) is 15.0. The topological polar surface area (TPSA) is 58.0 Å². The van der Waals surface area contributed by atoms with Crippen molar-refractivity contribution in [3.8, 4) is 0 Å². The largest absolute Gasteiger partial charge is 0.419 e. The molecule has 1 aliphatic carbocycles. The molecular formula is C23H21F4N3OS. The van der Waals surface area contributed by atoms with Crippen LogP contribution in [0.25, 0.3) is 10.9 Å². The molecule has 0 saturated heterocycles. The molecule has 9 heteroatoms. The van der Waals surface area contributed by atoms with Crippen molar-refractivity contribution in [1.82, 2.24) is 9.97 Å². The highest BCUT2D eigenvalue weighted by molar-refractivity contribution is 7.99. The molecule has 4 nitrogen and oxygen atoms in total. The zero-order valence-corrected chi connectivity index (χ0v) is 18.2. The summed E-state index contributed by atoms with van der Waals surface area (Å²) < 4.78 is 57.6. The molecule has 5 rings (SSSR count). The van der Waals surface area contributed by atoms with Gasteiger partial charge in [0.15, 0.2) is 5.60 Å². The van der Waals surface area contributed by atoms with E-state index < -0.39 is 35.5 Å². The molecule has 3 unspecified atom stereocenters. The highest BCUT2D eigenvalue weighted by Crippen LogP contribution is 2.59. The molecule has 2 aliphatic rings. The van der Waals surface area contributed by atoms with Gasteiger partial charge in [-0.1, -0.05) is 19.1 Å². The Morgan fingerprint density at radius 2 is 2.00 bits per heavy atom. The van der Waals surface area contributed by atoms with Crippen LogP contribution in [0, 0.1) is 12.7 Å². The molecule has 2 aromatic carbocycles. The van der Waals surface area contributed by atoms with E-state index in [9.17, 15) is 22.7 Å². The maximum atomic E-state index is 14.4. The lowest BCUT2D eigenvalue weighted by Crippen LogP contribution is -2.59. The molecule has 32 heavy (non-hydrogen) atoms. The summed E-state index contributed by atoms with van der Waals surface area (Å²) in [5, 5.41) is 14.4. The molecule has 1 aliphatic heterocycles. The summed E-state index contributed by atoms with van der Waals surface area (Å²) >= 11 is 1.62. The Kier molecular flexibility index (Phi) is 4.73. The van der Waals surface area contributed by atoms with Gasteiger partial charge >= 0.3 is 6.18 Å². The van der Waals surface area contributed by atoms with E-state index in [-0.39, 0.29) is 16.6 Å². The van der Waals surface area contributed by atoms with Gasteiger partial charge < -0.3 is 10.4 Å². The number of aromatic nitrogens is 2. The molecular weight excluding hydrogens is 442 g/mol. The lowest BCUT2D eigenvalue weighted by molar-refractivity contribution is -0.276. The van der Waals surface area contributed by atoms with E-state index >= 15 is 0 Å². The highest BCUT2D eigenvalue weighted by atomic mass is 32.2. The third-order valence-electron chi connectivity index (χ3n) is 6.63. The van der Waals surface area contributed by atoms with E-state index in [1.165, 1.54) is 12.3 Å². The van der Waals surface area contributed by atoms with Crippen LogP contribution < -0.4 is 5.32 Å². The number of halogens is 4.